The number of fused-ring (bicyclic) bond motifs is 1. The second-order valence-electron chi connectivity index (χ2n) is 6.73. The first kappa shape index (κ1) is 21.0. The molecule has 0 saturated carbocycles. The maximum atomic E-state index is 13.2. The van der Waals surface area contributed by atoms with Crippen molar-refractivity contribution in [2.24, 2.45) is 0 Å². The average Bonchev–Trinajstić information content (AvgIpc) is 3.35. The number of aromatic nitrogens is 6. The van der Waals surface area contributed by atoms with Crippen molar-refractivity contribution in [1.29, 1.82) is 5.26 Å². The Balaban J connectivity index is 1.49. The molecule has 9 nitrogen and oxygen atoms in total. The first-order chi connectivity index (χ1) is 15.3. The fraction of sp³-hybridized carbons (Fsp3) is 0.211. The molecule has 13 heteroatoms. The molecule has 0 radical (unpaired) electrons. The number of anilines is 2. The Hall–Kier alpha value is -4.21. The Morgan fingerprint density at radius 1 is 1.19 bits per heavy atom. The lowest BCUT2D eigenvalue weighted by molar-refractivity contribution is -0.144. The van der Waals surface area contributed by atoms with Gasteiger partial charge in [-0.1, -0.05) is 0 Å². The Labute approximate surface area is 177 Å². The van der Waals surface area contributed by atoms with E-state index in [-0.39, 0.29) is 34.9 Å². The van der Waals surface area contributed by atoms with Gasteiger partial charge in [-0.05, 0) is 37.1 Å². The number of aryl methyl sites for hydroxylation is 1. The van der Waals surface area contributed by atoms with Crippen LogP contribution in [0.4, 0.5) is 29.2 Å². The summed E-state index contributed by atoms with van der Waals surface area (Å²) in [6.45, 7) is 0.233. The summed E-state index contributed by atoms with van der Waals surface area (Å²) in [5, 5.41) is 16.6. The number of hydrogen-bond donors (Lipinski definition) is 3. The van der Waals surface area contributed by atoms with E-state index in [0.717, 1.165) is 0 Å². The lowest BCUT2D eigenvalue weighted by atomic mass is 10.1. The van der Waals surface area contributed by atoms with Crippen molar-refractivity contribution in [1.82, 2.24) is 29.7 Å². The van der Waals surface area contributed by atoms with Gasteiger partial charge in [0, 0.05) is 6.54 Å². The molecule has 4 N–H and O–H groups in total. The highest BCUT2D eigenvalue weighted by Crippen LogP contribution is 2.29. The summed E-state index contributed by atoms with van der Waals surface area (Å²) in [5.41, 5.74) is 7.27. The van der Waals surface area contributed by atoms with E-state index in [0.29, 0.717) is 24.2 Å². The number of halogens is 4. The largest absolute Gasteiger partial charge is 0.451 e. The minimum absolute atomic E-state index is 0.0308. The number of imidazole rings is 1. The molecule has 0 aliphatic rings. The SMILES string of the molecule is N#Cc1c(CCCNc2nc(C(F)(F)F)nc3nc[nH]c23)nn(-c2ccc(F)cc2)c1N. The van der Waals surface area contributed by atoms with E-state index < -0.39 is 17.8 Å². The van der Waals surface area contributed by atoms with E-state index in [4.69, 9.17) is 5.73 Å². The third-order valence-electron chi connectivity index (χ3n) is 4.60. The highest BCUT2D eigenvalue weighted by atomic mass is 19.4. The van der Waals surface area contributed by atoms with Crippen LogP contribution in [0.3, 0.4) is 0 Å². The summed E-state index contributed by atoms with van der Waals surface area (Å²) in [7, 11) is 0. The maximum absolute atomic E-state index is 13.2. The number of rotatable bonds is 6. The van der Waals surface area contributed by atoms with Gasteiger partial charge in [0.15, 0.2) is 11.5 Å². The minimum atomic E-state index is -4.71. The Kier molecular flexibility index (Phi) is 5.35. The smallest absolute Gasteiger partial charge is 0.382 e. The normalized spacial score (nSPS) is 11.6. The second-order valence-corrected chi connectivity index (χ2v) is 6.73. The molecule has 0 saturated heterocycles. The molecule has 0 aliphatic carbocycles. The van der Waals surface area contributed by atoms with E-state index >= 15 is 0 Å². The van der Waals surface area contributed by atoms with Gasteiger partial charge in [-0.3, -0.25) is 0 Å². The molecule has 4 aromatic rings. The third-order valence-corrected chi connectivity index (χ3v) is 4.60. The Morgan fingerprint density at radius 2 is 1.94 bits per heavy atom. The predicted molar refractivity (Wildman–Crippen MR) is 106 cm³/mol. The summed E-state index contributed by atoms with van der Waals surface area (Å²) in [5.74, 6) is -1.63. The fourth-order valence-corrected chi connectivity index (χ4v) is 3.10. The van der Waals surface area contributed by atoms with E-state index in [1.165, 1.54) is 35.3 Å². The zero-order valence-corrected chi connectivity index (χ0v) is 16.3. The van der Waals surface area contributed by atoms with Crippen molar-refractivity contribution in [2.75, 3.05) is 17.6 Å². The van der Waals surface area contributed by atoms with Crippen LogP contribution in [0.15, 0.2) is 30.6 Å². The van der Waals surface area contributed by atoms with E-state index in [1.54, 1.807) is 0 Å². The summed E-state index contributed by atoms with van der Waals surface area (Å²) in [6, 6.07) is 7.47. The van der Waals surface area contributed by atoms with Gasteiger partial charge < -0.3 is 16.0 Å². The molecule has 164 valence electrons. The molecule has 0 atom stereocenters. The van der Waals surface area contributed by atoms with Gasteiger partial charge in [-0.15, -0.1) is 0 Å². The molecule has 4 rings (SSSR count). The molecule has 0 unspecified atom stereocenters. The molecule has 1 aromatic carbocycles. The van der Waals surface area contributed by atoms with Crippen LogP contribution in [-0.4, -0.2) is 36.3 Å². The number of nitrogen functional groups attached to an aromatic ring is 1. The van der Waals surface area contributed by atoms with Crippen LogP contribution in [0, 0.1) is 17.1 Å². The van der Waals surface area contributed by atoms with Crippen molar-refractivity contribution in [3.63, 3.8) is 0 Å². The van der Waals surface area contributed by atoms with Gasteiger partial charge in [0.05, 0.1) is 17.7 Å². The van der Waals surface area contributed by atoms with Gasteiger partial charge in [-0.2, -0.15) is 23.5 Å². The summed E-state index contributed by atoms with van der Waals surface area (Å²) in [6.07, 6.45) is -2.75. The summed E-state index contributed by atoms with van der Waals surface area (Å²) >= 11 is 0. The molecule has 3 aromatic heterocycles. The van der Waals surface area contributed by atoms with Crippen molar-refractivity contribution in [3.05, 3.63) is 53.5 Å². The van der Waals surface area contributed by atoms with Crippen LogP contribution >= 0.6 is 0 Å². The molecular formula is C19H15F4N9. The summed E-state index contributed by atoms with van der Waals surface area (Å²) < 4.78 is 53.6. The third kappa shape index (κ3) is 4.02. The topological polar surface area (TPSA) is 134 Å². The number of nitrogens with two attached hydrogens (primary N) is 1. The fourth-order valence-electron chi connectivity index (χ4n) is 3.10. The van der Waals surface area contributed by atoms with Gasteiger partial charge in [0.25, 0.3) is 0 Å². The number of aromatic amines is 1. The predicted octanol–water partition coefficient (Wildman–Crippen LogP) is 3.20. The lowest BCUT2D eigenvalue weighted by Crippen LogP contribution is -2.14. The van der Waals surface area contributed by atoms with Gasteiger partial charge in [0.1, 0.15) is 28.8 Å². The number of nitrogens with one attached hydrogen (secondary N) is 2. The number of benzene rings is 1. The van der Waals surface area contributed by atoms with E-state index in [2.05, 4.69) is 30.4 Å². The van der Waals surface area contributed by atoms with Crippen LogP contribution in [0.5, 0.6) is 0 Å². The maximum Gasteiger partial charge on any atom is 0.451 e. The first-order valence-corrected chi connectivity index (χ1v) is 9.33. The summed E-state index contributed by atoms with van der Waals surface area (Å²) in [4.78, 5) is 13.4. The van der Waals surface area contributed by atoms with Crippen molar-refractivity contribution < 1.29 is 17.6 Å². The molecule has 0 bridgehead atoms. The van der Waals surface area contributed by atoms with Crippen molar-refractivity contribution in [3.8, 4) is 11.8 Å². The first-order valence-electron chi connectivity index (χ1n) is 9.33. The Morgan fingerprint density at radius 3 is 2.62 bits per heavy atom. The van der Waals surface area contributed by atoms with Crippen LogP contribution in [0.1, 0.15) is 23.5 Å². The standard InChI is InChI=1S/C19H15F4N9/c20-10-3-5-11(6-4-10)32-15(25)12(8-24)13(31-32)2-1-7-26-16-14-17(28-9-27-14)30-18(29-16)19(21,22)23/h3-6,9H,1-2,7,25H2,(H2,26,27,28,29,30). The monoisotopic (exact) mass is 445 g/mol. The number of nitrogens with zero attached hydrogens (tertiary/aromatic N) is 6. The van der Waals surface area contributed by atoms with Crippen LogP contribution in [-0.2, 0) is 12.6 Å². The molecule has 32 heavy (non-hydrogen) atoms. The molecule has 0 spiro atoms. The van der Waals surface area contributed by atoms with Gasteiger partial charge in [-0.25, -0.2) is 24.0 Å². The molecule has 0 fully saturated rings. The van der Waals surface area contributed by atoms with Crippen LogP contribution < -0.4 is 11.1 Å². The highest BCUT2D eigenvalue weighted by Gasteiger charge is 2.36. The Bertz CT molecular complexity index is 1300. The zero-order valence-electron chi connectivity index (χ0n) is 16.3. The van der Waals surface area contributed by atoms with E-state index in [1.807, 2.05) is 6.07 Å². The van der Waals surface area contributed by atoms with Crippen LogP contribution in [0.25, 0.3) is 16.9 Å². The minimum Gasteiger partial charge on any atom is -0.382 e. The van der Waals surface area contributed by atoms with Crippen molar-refractivity contribution in [2.45, 2.75) is 19.0 Å². The molecule has 3 heterocycles. The van der Waals surface area contributed by atoms with Crippen molar-refractivity contribution >= 4 is 22.8 Å². The lowest BCUT2D eigenvalue weighted by Gasteiger charge is -2.09. The quantitative estimate of drug-likeness (QED) is 0.306. The van der Waals surface area contributed by atoms with Gasteiger partial charge in [0.2, 0.25) is 5.82 Å². The van der Waals surface area contributed by atoms with E-state index in [9.17, 15) is 22.8 Å². The van der Waals surface area contributed by atoms with Gasteiger partial charge >= 0.3 is 6.18 Å². The molecule has 0 aliphatic heterocycles. The highest BCUT2D eigenvalue weighted by molar-refractivity contribution is 5.82. The van der Waals surface area contributed by atoms with Crippen LogP contribution in [0.2, 0.25) is 0 Å². The molecule has 0 amide bonds. The average molecular weight is 445 g/mol. The number of nitriles is 1. The second kappa shape index (κ2) is 8.14. The number of H-pyrrole nitrogens is 1. The molecular weight excluding hydrogens is 430 g/mol. The zero-order chi connectivity index (χ0) is 22.9. The number of alkyl halides is 3. The number of hydrogen-bond acceptors (Lipinski definition) is 7.